The zero-order valence-corrected chi connectivity index (χ0v) is 17.5. The van der Waals surface area contributed by atoms with Gasteiger partial charge in [-0.3, -0.25) is 4.79 Å². The molecule has 6 nitrogen and oxygen atoms in total. The van der Waals surface area contributed by atoms with Gasteiger partial charge in [0.05, 0.1) is 0 Å². The van der Waals surface area contributed by atoms with Crippen LogP contribution in [0.1, 0.15) is 57.4 Å². The number of benzene rings is 1. The fraction of sp³-hybridized carbons (Fsp3) is 0.636. The third kappa shape index (κ3) is 5.18. The van der Waals surface area contributed by atoms with Crippen LogP contribution in [0.25, 0.3) is 0 Å². The minimum Gasteiger partial charge on any atom is -0.377 e. The van der Waals surface area contributed by atoms with Crippen molar-refractivity contribution in [1.82, 2.24) is 10.2 Å². The molecule has 0 atom stereocenters. The summed E-state index contributed by atoms with van der Waals surface area (Å²) in [6.07, 6.45) is 7.71. The van der Waals surface area contributed by atoms with E-state index in [4.69, 9.17) is 0 Å². The molecule has 0 saturated heterocycles. The van der Waals surface area contributed by atoms with Crippen LogP contribution in [0.3, 0.4) is 0 Å². The van der Waals surface area contributed by atoms with Crippen molar-refractivity contribution < 1.29 is 9.59 Å². The number of nitrogens with zero attached hydrogens (tertiary/aromatic N) is 2. The summed E-state index contributed by atoms with van der Waals surface area (Å²) >= 11 is 0. The predicted octanol–water partition coefficient (Wildman–Crippen LogP) is 3.97. The number of amides is 3. The van der Waals surface area contributed by atoms with Gasteiger partial charge in [-0.15, -0.1) is 0 Å². The fourth-order valence-corrected chi connectivity index (χ4v) is 4.01. The third-order valence-electron chi connectivity index (χ3n) is 5.72. The second kappa shape index (κ2) is 9.30. The minimum absolute atomic E-state index is 0.00604. The van der Waals surface area contributed by atoms with E-state index in [1.54, 1.807) is 0 Å². The number of hydrogen-bond donors (Lipinski definition) is 2. The SMILES string of the molecule is CCNC(=O)N(Cc1cc(NC(=O)C2CC2)ccc1N(C)C)C1CCCCC1. The molecule has 3 rings (SSSR count). The number of carbonyl (C=O) groups is 2. The molecule has 28 heavy (non-hydrogen) atoms. The Kier molecular flexibility index (Phi) is 6.81. The average molecular weight is 387 g/mol. The number of hydrogen-bond acceptors (Lipinski definition) is 3. The zero-order chi connectivity index (χ0) is 20.1. The van der Waals surface area contributed by atoms with Gasteiger partial charge in [0.15, 0.2) is 0 Å². The van der Waals surface area contributed by atoms with E-state index in [1.165, 1.54) is 19.3 Å². The Morgan fingerprint density at radius 2 is 1.79 bits per heavy atom. The number of anilines is 2. The molecule has 0 bridgehead atoms. The van der Waals surface area contributed by atoms with Gasteiger partial charge in [-0.2, -0.15) is 0 Å². The van der Waals surface area contributed by atoms with E-state index in [2.05, 4.69) is 15.5 Å². The summed E-state index contributed by atoms with van der Waals surface area (Å²) in [6, 6.07) is 6.31. The Morgan fingerprint density at radius 1 is 1.07 bits per heavy atom. The van der Waals surface area contributed by atoms with Gasteiger partial charge >= 0.3 is 6.03 Å². The molecule has 0 aromatic heterocycles. The van der Waals surface area contributed by atoms with Crippen LogP contribution in [-0.2, 0) is 11.3 Å². The van der Waals surface area contributed by atoms with E-state index in [0.717, 1.165) is 42.6 Å². The van der Waals surface area contributed by atoms with Crippen LogP contribution in [0.4, 0.5) is 16.2 Å². The highest BCUT2D eigenvalue weighted by Gasteiger charge is 2.30. The number of urea groups is 1. The van der Waals surface area contributed by atoms with E-state index < -0.39 is 0 Å². The van der Waals surface area contributed by atoms with Crippen LogP contribution < -0.4 is 15.5 Å². The first-order valence-electron chi connectivity index (χ1n) is 10.6. The van der Waals surface area contributed by atoms with Gasteiger partial charge in [-0.25, -0.2) is 4.79 Å². The van der Waals surface area contributed by atoms with Crippen molar-refractivity contribution in [2.45, 2.75) is 64.5 Å². The van der Waals surface area contributed by atoms with Gasteiger partial charge in [0.1, 0.15) is 0 Å². The molecule has 2 N–H and O–H groups in total. The summed E-state index contributed by atoms with van der Waals surface area (Å²) in [4.78, 5) is 29.1. The molecule has 1 aromatic carbocycles. The van der Waals surface area contributed by atoms with Crippen LogP contribution in [0, 0.1) is 5.92 Å². The van der Waals surface area contributed by atoms with Gasteiger partial charge in [-0.1, -0.05) is 19.3 Å². The van der Waals surface area contributed by atoms with Gasteiger partial charge in [0, 0.05) is 50.5 Å². The summed E-state index contributed by atoms with van der Waals surface area (Å²) in [7, 11) is 4.02. The molecule has 2 fully saturated rings. The Balaban J connectivity index is 1.83. The molecule has 2 aliphatic carbocycles. The van der Waals surface area contributed by atoms with Crippen LogP contribution in [0.2, 0.25) is 0 Å². The Labute approximate surface area is 168 Å². The summed E-state index contributed by atoms with van der Waals surface area (Å²) in [5.41, 5.74) is 2.96. The summed E-state index contributed by atoms with van der Waals surface area (Å²) in [5, 5.41) is 6.03. The van der Waals surface area contributed by atoms with Crippen molar-refractivity contribution >= 4 is 23.3 Å². The molecule has 0 radical (unpaired) electrons. The molecule has 3 amide bonds. The van der Waals surface area contributed by atoms with E-state index in [1.807, 2.05) is 44.1 Å². The molecule has 0 heterocycles. The van der Waals surface area contributed by atoms with Crippen LogP contribution in [-0.4, -0.2) is 43.5 Å². The molecule has 6 heteroatoms. The Bertz CT molecular complexity index is 694. The van der Waals surface area contributed by atoms with Gasteiger partial charge in [0.2, 0.25) is 5.91 Å². The van der Waals surface area contributed by atoms with Crippen molar-refractivity contribution in [3.05, 3.63) is 23.8 Å². The Hall–Kier alpha value is -2.24. The quantitative estimate of drug-likeness (QED) is 0.745. The largest absolute Gasteiger partial charge is 0.377 e. The summed E-state index contributed by atoms with van der Waals surface area (Å²) in [6.45, 7) is 3.13. The van der Waals surface area contributed by atoms with Crippen molar-refractivity contribution in [2.24, 2.45) is 5.92 Å². The Morgan fingerprint density at radius 3 is 2.39 bits per heavy atom. The first-order chi connectivity index (χ1) is 13.5. The molecule has 0 unspecified atom stereocenters. The standard InChI is InChI=1S/C22H34N4O2/c1-4-23-22(28)26(19-8-6-5-7-9-19)15-17-14-18(12-13-20(17)25(2)3)24-21(27)16-10-11-16/h12-14,16,19H,4-11,15H2,1-3H3,(H,23,28)(H,24,27). The smallest absolute Gasteiger partial charge is 0.317 e. The van der Waals surface area contributed by atoms with Crippen LogP contribution in [0.5, 0.6) is 0 Å². The molecule has 1 aromatic rings. The zero-order valence-electron chi connectivity index (χ0n) is 17.5. The number of carbonyl (C=O) groups excluding carboxylic acids is 2. The van der Waals surface area contributed by atoms with Crippen molar-refractivity contribution in [3.63, 3.8) is 0 Å². The fourth-order valence-electron chi connectivity index (χ4n) is 4.01. The normalized spacial score (nSPS) is 17.1. The van der Waals surface area contributed by atoms with Gasteiger partial charge in [-0.05, 0) is 56.4 Å². The van der Waals surface area contributed by atoms with Crippen molar-refractivity contribution in [3.8, 4) is 0 Å². The van der Waals surface area contributed by atoms with E-state index in [0.29, 0.717) is 13.1 Å². The lowest BCUT2D eigenvalue weighted by Gasteiger charge is -2.35. The maximum absolute atomic E-state index is 12.8. The highest BCUT2D eigenvalue weighted by atomic mass is 16.2. The van der Waals surface area contributed by atoms with E-state index in [-0.39, 0.29) is 23.9 Å². The highest BCUT2D eigenvalue weighted by molar-refractivity contribution is 5.94. The van der Waals surface area contributed by atoms with E-state index in [9.17, 15) is 9.59 Å². The first-order valence-corrected chi connectivity index (χ1v) is 10.6. The topological polar surface area (TPSA) is 64.7 Å². The van der Waals surface area contributed by atoms with Crippen LogP contribution in [0.15, 0.2) is 18.2 Å². The van der Waals surface area contributed by atoms with Gasteiger partial charge in [0.25, 0.3) is 0 Å². The molecule has 2 aliphatic rings. The minimum atomic E-state index is 0.00604. The summed E-state index contributed by atoms with van der Waals surface area (Å²) in [5.74, 6) is 0.280. The number of rotatable bonds is 7. The summed E-state index contributed by atoms with van der Waals surface area (Å²) < 4.78 is 0. The number of nitrogens with one attached hydrogen (secondary N) is 2. The molecular weight excluding hydrogens is 352 g/mol. The van der Waals surface area contributed by atoms with Crippen LogP contribution >= 0.6 is 0 Å². The van der Waals surface area contributed by atoms with Crippen molar-refractivity contribution in [1.29, 1.82) is 0 Å². The second-order valence-electron chi connectivity index (χ2n) is 8.26. The highest BCUT2D eigenvalue weighted by Crippen LogP contribution is 2.32. The lowest BCUT2D eigenvalue weighted by atomic mass is 9.94. The molecule has 154 valence electrons. The molecule has 2 saturated carbocycles. The van der Waals surface area contributed by atoms with Gasteiger partial charge < -0.3 is 20.4 Å². The molecule has 0 spiro atoms. The monoisotopic (exact) mass is 386 g/mol. The molecule has 0 aliphatic heterocycles. The second-order valence-corrected chi connectivity index (χ2v) is 8.26. The third-order valence-corrected chi connectivity index (χ3v) is 5.72. The average Bonchev–Trinajstić information content (AvgIpc) is 3.52. The predicted molar refractivity (Wildman–Crippen MR) is 114 cm³/mol. The maximum Gasteiger partial charge on any atom is 0.317 e. The van der Waals surface area contributed by atoms with E-state index >= 15 is 0 Å². The van der Waals surface area contributed by atoms with Crippen molar-refractivity contribution in [2.75, 3.05) is 30.9 Å². The maximum atomic E-state index is 12.8. The lowest BCUT2D eigenvalue weighted by molar-refractivity contribution is -0.117. The lowest BCUT2D eigenvalue weighted by Crippen LogP contribution is -2.46. The molecular formula is C22H34N4O2. The first kappa shape index (κ1) is 20.5.